The van der Waals surface area contributed by atoms with Gasteiger partial charge in [-0.25, -0.2) is 0 Å². The van der Waals surface area contributed by atoms with Gasteiger partial charge in [-0.2, -0.15) is 0 Å². The first-order chi connectivity index (χ1) is 9.77. The summed E-state index contributed by atoms with van der Waals surface area (Å²) in [7, 11) is 0. The number of anilines is 1. The third kappa shape index (κ3) is 3.15. The van der Waals surface area contributed by atoms with Crippen LogP contribution in [0.1, 0.15) is 44.1 Å². The molecule has 0 aromatic heterocycles. The maximum atomic E-state index is 6.24. The molecular weight excluding hydrogens is 250 g/mol. The van der Waals surface area contributed by atoms with Gasteiger partial charge in [0.2, 0.25) is 0 Å². The summed E-state index contributed by atoms with van der Waals surface area (Å²) < 4.78 is 12.0. The van der Waals surface area contributed by atoms with Crippen molar-refractivity contribution < 1.29 is 9.47 Å². The van der Waals surface area contributed by atoms with Gasteiger partial charge in [-0.05, 0) is 43.7 Å². The van der Waals surface area contributed by atoms with E-state index < -0.39 is 0 Å². The number of nitrogens with two attached hydrogens (primary N) is 1. The SMILES string of the molecule is Nc1ccccc1CCOCC1CCC2(CCCC2)O1. The molecule has 1 aromatic carbocycles. The van der Waals surface area contributed by atoms with E-state index >= 15 is 0 Å². The van der Waals surface area contributed by atoms with E-state index in [1.807, 2.05) is 18.2 Å². The Hall–Kier alpha value is -1.06. The molecule has 1 spiro atoms. The Kier molecular flexibility index (Phi) is 4.27. The van der Waals surface area contributed by atoms with Crippen molar-refractivity contribution >= 4 is 5.69 Å². The van der Waals surface area contributed by atoms with E-state index in [0.29, 0.717) is 6.10 Å². The molecule has 2 aliphatic rings. The number of nitrogen functional groups attached to an aromatic ring is 1. The van der Waals surface area contributed by atoms with Gasteiger partial charge < -0.3 is 15.2 Å². The fraction of sp³-hybridized carbons (Fsp3) is 0.647. The fourth-order valence-corrected chi connectivity index (χ4v) is 3.56. The molecule has 20 heavy (non-hydrogen) atoms. The minimum atomic E-state index is 0.220. The summed E-state index contributed by atoms with van der Waals surface area (Å²) in [6.07, 6.45) is 8.75. The van der Waals surface area contributed by atoms with Crippen molar-refractivity contribution in [2.75, 3.05) is 18.9 Å². The van der Waals surface area contributed by atoms with Crippen LogP contribution in [0.5, 0.6) is 0 Å². The Labute approximate surface area is 121 Å². The summed E-state index contributed by atoms with van der Waals surface area (Å²) in [5.41, 5.74) is 8.18. The number of ether oxygens (including phenoxy) is 2. The van der Waals surface area contributed by atoms with Gasteiger partial charge in [0, 0.05) is 5.69 Å². The van der Waals surface area contributed by atoms with E-state index in [1.165, 1.54) is 37.7 Å². The molecular formula is C17H25NO2. The number of hydrogen-bond donors (Lipinski definition) is 1. The van der Waals surface area contributed by atoms with Gasteiger partial charge in [0.1, 0.15) is 0 Å². The zero-order valence-electron chi connectivity index (χ0n) is 12.1. The predicted molar refractivity (Wildman–Crippen MR) is 80.7 cm³/mol. The van der Waals surface area contributed by atoms with Gasteiger partial charge >= 0.3 is 0 Å². The molecule has 1 saturated carbocycles. The van der Waals surface area contributed by atoms with Gasteiger partial charge in [-0.1, -0.05) is 31.0 Å². The lowest BCUT2D eigenvalue weighted by molar-refractivity contribution is -0.0676. The second kappa shape index (κ2) is 6.15. The van der Waals surface area contributed by atoms with Crippen LogP contribution in [0.25, 0.3) is 0 Å². The summed E-state index contributed by atoms with van der Waals surface area (Å²) in [6, 6.07) is 8.00. The van der Waals surface area contributed by atoms with Crippen molar-refractivity contribution in [3.05, 3.63) is 29.8 Å². The zero-order chi connectivity index (χ0) is 13.8. The van der Waals surface area contributed by atoms with Gasteiger partial charge in [-0.3, -0.25) is 0 Å². The van der Waals surface area contributed by atoms with Gasteiger partial charge in [-0.15, -0.1) is 0 Å². The average molecular weight is 275 g/mol. The summed E-state index contributed by atoms with van der Waals surface area (Å²) in [5.74, 6) is 0. The summed E-state index contributed by atoms with van der Waals surface area (Å²) >= 11 is 0. The first-order valence-corrected chi connectivity index (χ1v) is 7.86. The third-order valence-corrected chi connectivity index (χ3v) is 4.73. The highest BCUT2D eigenvalue weighted by molar-refractivity contribution is 5.46. The van der Waals surface area contributed by atoms with Crippen molar-refractivity contribution in [2.24, 2.45) is 0 Å². The van der Waals surface area contributed by atoms with E-state index in [4.69, 9.17) is 15.2 Å². The molecule has 1 saturated heterocycles. The normalized spacial score (nSPS) is 24.5. The predicted octanol–water partition coefficient (Wildman–Crippen LogP) is 3.32. The molecule has 0 bridgehead atoms. The molecule has 3 nitrogen and oxygen atoms in total. The van der Waals surface area contributed by atoms with Crippen LogP contribution in [0.3, 0.4) is 0 Å². The molecule has 3 rings (SSSR count). The molecule has 1 heterocycles. The monoisotopic (exact) mass is 275 g/mol. The Morgan fingerprint density at radius 2 is 2.00 bits per heavy atom. The molecule has 1 atom stereocenters. The topological polar surface area (TPSA) is 44.5 Å². The maximum absolute atomic E-state index is 6.24. The Bertz CT molecular complexity index is 440. The van der Waals surface area contributed by atoms with Crippen LogP contribution in [0.2, 0.25) is 0 Å². The van der Waals surface area contributed by atoms with E-state index in [9.17, 15) is 0 Å². The zero-order valence-corrected chi connectivity index (χ0v) is 12.1. The fourth-order valence-electron chi connectivity index (χ4n) is 3.56. The standard InChI is InChI=1S/C17H25NO2/c18-16-6-2-1-5-14(16)8-12-19-13-15-7-11-17(20-15)9-3-4-10-17/h1-2,5-6,15H,3-4,7-13,18H2. The molecule has 3 heteroatoms. The second-order valence-corrected chi connectivity index (χ2v) is 6.19. The Morgan fingerprint density at radius 1 is 1.20 bits per heavy atom. The smallest absolute Gasteiger partial charge is 0.0817 e. The molecule has 1 aliphatic carbocycles. The number of hydrogen-bond acceptors (Lipinski definition) is 3. The lowest BCUT2D eigenvalue weighted by atomic mass is 9.98. The minimum Gasteiger partial charge on any atom is -0.399 e. The van der Waals surface area contributed by atoms with Crippen molar-refractivity contribution in [3.8, 4) is 0 Å². The van der Waals surface area contributed by atoms with E-state index in [1.54, 1.807) is 0 Å². The number of para-hydroxylation sites is 1. The molecule has 0 amide bonds. The molecule has 1 unspecified atom stereocenters. The molecule has 1 aromatic rings. The summed E-state index contributed by atoms with van der Waals surface area (Å²) in [6.45, 7) is 1.45. The lowest BCUT2D eigenvalue weighted by Gasteiger charge is -2.23. The maximum Gasteiger partial charge on any atom is 0.0817 e. The number of benzene rings is 1. The van der Waals surface area contributed by atoms with Gasteiger partial charge in [0.25, 0.3) is 0 Å². The first-order valence-electron chi connectivity index (χ1n) is 7.86. The van der Waals surface area contributed by atoms with Crippen LogP contribution in [-0.2, 0) is 15.9 Å². The van der Waals surface area contributed by atoms with Crippen LogP contribution < -0.4 is 5.73 Å². The Balaban J connectivity index is 1.38. The quantitative estimate of drug-likeness (QED) is 0.662. The highest BCUT2D eigenvalue weighted by Crippen LogP contribution is 2.43. The van der Waals surface area contributed by atoms with Crippen molar-refractivity contribution in [3.63, 3.8) is 0 Å². The van der Waals surface area contributed by atoms with E-state index in [-0.39, 0.29) is 5.60 Å². The summed E-state index contributed by atoms with van der Waals surface area (Å²) in [5, 5.41) is 0. The van der Waals surface area contributed by atoms with E-state index in [0.717, 1.165) is 31.7 Å². The molecule has 1 aliphatic heterocycles. The second-order valence-electron chi connectivity index (χ2n) is 6.19. The lowest BCUT2D eigenvalue weighted by Crippen LogP contribution is -2.26. The largest absolute Gasteiger partial charge is 0.399 e. The first kappa shape index (κ1) is 13.9. The molecule has 2 fully saturated rings. The van der Waals surface area contributed by atoms with Crippen molar-refractivity contribution in [1.29, 1.82) is 0 Å². The van der Waals surface area contributed by atoms with E-state index in [2.05, 4.69) is 6.07 Å². The Morgan fingerprint density at radius 3 is 2.80 bits per heavy atom. The minimum absolute atomic E-state index is 0.220. The van der Waals surface area contributed by atoms with Crippen LogP contribution in [-0.4, -0.2) is 24.9 Å². The van der Waals surface area contributed by atoms with Crippen LogP contribution in [0.15, 0.2) is 24.3 Å². The van der Waals surface area contributed by atoms with Crippen LogP contribution in [0.4, 0.5) is 5.69 Å². The van der Waals surface area contributed by atoms with Gasteiger partial charge in [0.05, 0.1) is 24.9 Å². The molecule has 110 valence electrons. The van der Waals surface area contributed by atoms with Crippen LogP contribution >= 0.6 is 0 Å². The third-order valence-electron chi connectivity index (χ3n) is 4.73. The highest BCUT2D eigenvalue weighted by atomic mass is 16.6. The highest BCUT2D eigenvalue weighted by Gasteiger charge is 2.41. The van der Waals surface area contributed by atoms with Crippen molar-refractivity contribution in [1.82, 2.24) is 0 Å². The molecule has 0 radical (unpaired) electrons. The van der Waals surface area contributed by atoms with Gasteiger partial charge in [0.15, 0.2) is 0 Å². The molecule has 2 N–H and O–H groups in total. The van der Waals surface area contributed by atoms with Crippen molar-refractivity contribution in [2.45, 2.75) is 56.7 Å². The summed E-state index contributed by atoms with van der Waals surface area (Å²) in [4.78, 5) is 0. The average Bonchev–Trinajstić information content (AvgIpc) is 3.08. The number of rotatable bonds is 5. The van der Waals surface area contributed by atoms with Crippen LogP contribution in [0, 0.1) is 0 Å².